The van der Waals surface area contributed by atoms with Gasteiger partial charge in [0.2, 0.25) is 5.95 Å². The highest BCUT2D eigenvalue weighted by Gasteiger charge is 2.05. The van der Waals surface area contributed by atoms with Gasteiger partial charge in [-0.25, -0.2) is 9.67 Å². The molecule has 0 atom stereocenters. The molecule has 0 aliphatic carbocycles. The maximum atomic E-state index is 5.16. The lowest BCUT2D eigenvalue weighted by atomic mass is 10.1. The molecule has 0 aliphatic rings. The molecule has 0 spiro atoms. The number of aromatic nitrogens is 3. The fraction of sp³-hybridized carbons (Fsp3) is 0.357. The first kappa shape index (κ1) is 14.5. The summed E-state index contributed by atoms with van der Waals surface area (Å²) in [4.78, 5) is 4.20. The van der Waals surface area contributed by atoms with Gasteiger partial charge < -0.3 is 5.32 Å². The SMILES string of the molecule is Cc1ccccc1Cn1cnc(NC(=S)NC(C)C)n1. The number of anilines is 1. The van der Waals surface area contributed by atoms with E-state index in [0.29, 0.717) is 17.6 Å². The first-order valence-electron chi connectivity index (χ1n) is 6.56. The van der Waals surface area contributed by atoms with E-state index in [1.807, 2.05) is 26.0 Å². The second kappa shape index (κ2) is 6.47. The van der Waals surface area contributed by atoms with E-state index in [1.54, 1.807) is 11.0 Å². The summed E-state index contributed by atoms with van der Waals surface area (Å²) in [5, 5.41) is 11.0. The summed E-state index contributed by atoms with van der Waals surface area (Å²) in [7, 11) is 0. The van der Waals surface area contributed by atoms with Crippen LogP contribution in [-0.2, 0) is 6.54 Å². The van der Waals surface area contributed by atoms with Crippen LogP contribution < -0.4 is 10.6 Å². The Morgan fingerprint density at radius 3 is 2.80 bits per heavy atom. The summed E-state index contributed by atoms with van der Waals surface area (Å²) in [5.74, 6) is 0.511. The van der Waals surface area contributed by atoms with Gasteiger partial charge in [0.15, 0.2) is 5.11 Å². The topological polar surface area (TPSA) is 54.8 Å². The zero-order valence-electron chi connectivity index (χ0n) is 11.9. The average molecular weight is 289 g/mol. The lowest BCUT2D eigenvalue weighted by Crippen LogP contribution is -2.34. The fourth-order valence-corrected chi connectivity index (χ4v) is 2.12. The highest BCUT2D eigenvalue weighted by atomic mass is 32.1. The fourth-order valence-electron chi connectivity index (χ4n) is 1.79. The highest BCUT2D eigenvalue weighted by Crippen LogP contribution is 2.09. The minimum absolute atomic E-state index is 0.282. The number of hydrogen-bond acceptors (Lipinski definition) is 3. The molecular weight excluding hydrogens is 270 g/mol. The number of nitrogens with one attached hydrogen (secondary N) is 2. The Kier molecular flexibility index (Phi) is 4.68. The van der Waals surface area contributed by atoms with E-state index in [4.69, 9.17) is 12.2 Å². The van der Waals surface area contributed by atoms with E-state index in [-0.39, 0.29) is 6.04 Å². The summed E-state index contributed by atoms with van der Waals surface area (Å²) in [6.07, 6.45) is 1.70. The maximum absolute atomic E-state index is 5.16. The van der Waals surface area contributed by atoms with Gasteiger partial charge in [-0.2, -0.15) is 0 Å². The Labute approximate surface area is 124 Å². The molecule has 1 heterocycles. The molecule has 0 unspecified atom stereocenters. The van der Waals surface area contributed by atoms with E-state index >= 15 is 0 Å². The van der Waals surface area contributed by atoms with Gasteiger partial charge in [-0.1, -0.05) is 24.3 Å². The molecule has 106 valence electrons. The van der Waals surface area contributed by atoms with Crippen molar-refractivity contribution < 1.29 is 0 Å². The second-order valence-corrected chi connectivity index (χ2v) is 5.35. The van der Waals surface area contributed by atoms with Crippen LogP contribution in [0, 0.1) is 6.92 Å². The number of aryl methyl sites for hydroxylation is 1. The first-order chi connectivity index (χ1) is 9.54. The molecule has 20 heavy (non-hydrogen) atoms. The van der Waals surface area contributed by atoms with Gasteiger partial charge in [0.25, 0.3) is 0 Å². The Morgan fingerprint density at radius 2 is 2.10 bits per heavy atom. The lowest BCUT2D eigenvalue weighted by molar-refractivity contribution is 0.684. The van der Waals surface area contributed by atoms with Gasteiger partial charge >= 0.3 is 0 Å². The maximum Gasteiger partial charge on any atom is 0.248 e. The van der Waals surface area contributed by atoms with Gasteiger partial charge in [0.1, 0.15) is 6.33 Å². The summed E-state index contributed by atoms with van der Waals surface area (Å²) < 4.78 is 1.79. The molecule has 2 rings (SSSR count). The van der Waals surface area contributed by atoms with Gasteiger partial charge in [-0.3, -0.25) is 5.32 Å². The van der Waals surface area contributed by atoms with Crippen LogP contribution >= 0.6 is 12.2 Å². The van der Waals surface area contributed by atoms with Gasteiger partial charge in [-0.05, 0) is 44.1 Å². The molecule has 0 saturated heterocycles. The molecule has 2 N–H and O–H groups in total. The van der Waals surface area contributed by atoms with Crippen molar-refractivity contribution in [1.29, 1.82) is 0 Å². The summed E-state index contributed by atoms with van der Waals surface area (Å²) in [5.41, 5.74) is 2.47. The minimum Gasteiger partial charge on any atom is -0.360 e. The van der Waals surface area contributed by atoms with Crippen LogP contribution in [0.5, 0.6) is 0 Å². The van der Waals surface area contributed by atoms with Crippen molar-refractivity contribution in [1.82, 2.24) is 20.1 Å². The summed E-state index contributed by atoms with van der Waals surface area (Å²) in [6.45, 7) is 6.84. The van der Waals surface area contributed by atoms with Crippen LogP contribution in [0.3, 0.4) is 0 Å². The molecule has 0 radical (unpaired) electrons. The number of nitrogens with zero attached hydrogens (tertiary/aromatic N) is 3. The monoisotopic (exact) mass is 289 g/mol. The van der Waals surface area contributed by atoms with Crippen molar-refractivity contribution in [3.63, 3.8) is 0 Å². The number of rotatable bonds is 4. The van der Waals surface area contributed by atoms with Gasteiger partial charge in [-0.15, -0.1) is 5.10 Å². The average Bonchev–Trinajstić information content (AvgIpc) is 2.78. The number of benzene rings is 1. The molecule has 2 aromatic rings. The van der Waals surface area contributed by atoms with Crippen LogP contribution in [0.15, 0.2) is 30.6 Å². The standard InChI is InChI=1S/C14H19N5S/c1-10(2)16-14(20)17-13-15-9-19(18-13)8-12-7-5-4-6-11(12)3/h4-7,9-10H,8H2,1-3H3,(H2,16,17,18,20). The van der Waals surface area contributed by atoms with Crippen LogP contribution in [0.1, 0.15) is 25.0 Å². The van der Waals surface area contributed by atoms with Crippen LogP contribution in [0.25, 0.3) is 0 Å². The molecule has 0 saturated carbocycles. The largest absolute Gasteiger partial charge is 0.360 e. The number of thiocarbonyl (C=S) groups is 1. The van der Waals surface area contributed by atoms with Crippen LogP contribution in [0.4, 0.5) is 5.95 Å². The van der Waals surface area contributed by atoms with Crippen molar-refractivity contribution in [3.05, 3.63) is 41.7 Å². The predicted molar refractivity (Wildman–Crippen MR) is 84.8 cm³/mol. The molecule has 6 heteroatoms. The quantitative estimate of drug-likeness (QED) is 0.846. The van der Waals surface area contributed by atoms with E-state index in [2.05, 4.69) is 39.8 Å². The molecule has 0 bridgehead atoms. The normalized spacial score (nSPS) is 10.6. The predicted octanol–water partition coefficient (Wildman–Crippen LogP) is 2.33. The van der Waals surface area contributed by atoms with E-state index < -0.39 is 0 Å². The van der Waals surface area contributed by atoms with Crippen molar-refractivity contribution in [2.75, 3.05) is 5.32 Å². The summed E-state index contributed by atoms with van der Waals surface area (Å²) in [6, 6.07) is 8.52. The van der Waals surface area contributed by atoms with Crippen LogP contribution in [-0.4, -0.2) is 25.9 Å². The van der Waals surface area contributed by atoms with Crippen molar-refractivity contribution >= 4 is 23.3 Å². The Morgan fingerprint density at radius 1 is 1.35 bits per heavy atom. The third kappa shape index (κ3) is 4.03. The van der Waals surface area contributed by atoms with Crippen LogP contribution in [0.2, 0.25) is 0 Å². The Bertz CT molecular complexity index is 591. The van der Waals surface area contributed by atoms with Gasteiger partial charge in [0, 0.05) is 6.04 Å². The Hall–Kier alpha value is -1.95. The number of hydrogen-bond donors (Lipinski definition) is 2. The van der Waals surface area contributed by atoms with Crippen molar-refractivity contribution in [3.8, 4) is 0 Å². The first-order valence-corrected chi connectivity index (χ1v) is 6.97. The Balaban J connectivity index is 1.99. The smallest absolute Gasteiger partial charge is 0.248 e. The van der Waals surface area contributed by atoms with E-state index in [9.17, 15) is 0 Å². The second-order valence-electron chi connectivity index (χ2n) is 4.95. The molecular formula is C14H19N5S. The zero-order chi connectivity index (χ0) is 14.5. The third-order valence-electron chi connectivity index (χ3n) is 2.78. The molecule has 1 aromatic heterocycles. The molecule has 1 aromatic carbocycles. The zero-order valence-corrected chi connectivity index (χ0v) is 12.7. The molecule has 0 fully saturated rings. The lowest BCUT2D eigenvalue weighted by Gasteiger charge is -2.10. The van der Waals surface area contributed by atoms with E-state index in [0.717, 1.165) is 0 Å². The van der Waals surface area contributed by atoms with E-state index in [1.165, 1.54) is 11.1 Å². The minimum atomic E-state index is 0.282. The van der Waals surface area contributed by atoms with Gasteiger partial charge in [0.05, 0.1) is 6.54 Å². The molecule has 0 aliphatic heterocycles. The van der Waals surface area contributed by atoms with Crippen molar-refractivity contribution in [2.45, 2.75) is 33.4 Å². The highest BCUT2D eigenvalue weighted by molar-refractivity contribution is 7.80. The summed E-state index contributed by atoms with van der Waals surface area (Å²) >= 11 is 5.16. The van der Waals surface area contributed by atoms with Crippen molar-refractivity contribution in [2.24, 2.45) is 0 Å². The third-order valence-corrected chi connectivity index (χ3v) is 3.00. The molecule has 5 nitrogen and oxygen atoms in total. The molecule has 0 amide bonds.